The SMILES string of the molecule is CN(C)CCC=C1c2cc(Cl)ccc2CCn2cccc21.O=C(O)C=CC(=O)O. The molecule has 2 heterocycles. The van der Waals surface area contributed by atoms with E-state index in [4.69, 9.17) is 21.8 Å². The lowest BCUT2D eigenvalue weighted by Crippen LogP contribution is -2.12. The molecule has 0 bridgehead atoms. The molecule has 6 nitrogen and oxygen atoms in total. The molecule has 0 amide bonds. The lowest BCUT2D eigenvalue weighted by molar-refractivity contribution is -0.134. The molecule has 1 aliphatic rings. The van der Waals surface area contributed by atoms with Crippen molar-refractivity contribution < 1.29 is 19.8 Å². The molecule has 154 valence electrons. The zero-order valence-electron chi connectivity index (χ0n) is 16.5. The van der Waals surface area contributed by atoms with E-state index >= 15 is 0 Å². The molecule has 3 rings (SSSR count). The summed E-state index contributed by atoms with van der Waals surface area (Å²) in [7, 11) is 4.22. The number of rotatable bonds is 5. The Labute approximate surface area is 175 Å². The Bertz CT molecular complexity index is 913. The van der Waals surface area contributed by atoms with E-state index in [2.05, 4.69) is 60.1 Å². The van der Waals surface area contributed by atoms with Gasteiger partial charge in [0.25, 0.3) is 0 Å². The number of carbonyl (C=O) groups is 2. The summed E-state index contributed by atoms with van der Waals surface area (Å²) < 4.78 is 2.34. The zero-order chi connectivity index (χ0) is 21.4. The van der Waals surface area contributed by atoms with E-state index in [1.165, 1.54) is 22.4 Å². The fourth-order valence-corrected chi connectivity index (χ4v) is 3.25. The van der Waals surface area contributed by atoms with Crippen LogP contribution in [0.15, 0.2) is 54.8 Å². The zero-order valence-corrected chi connectivity index (χ0v) is 17.3. The average Bonchev–Trinajstić information content (AvgIpc) is 3.06. The highest BCUT2D eigenvalue weighted by Crippen LogP contribution is 2.32. The molecular weight excluding hydrogens is 392 g/mol. The summed E-state index contributed by atoms with van der Waals surface area (Å²) in [4.78, 5) is 21.3. The average molecular weight is 417 g/mol. The fraction of sp³-hybridized carbons (Fsp3) is 0.273. The van der Waals surface area contributed by atoms with Gasteiger partial charge in [0, 0.05) is 47.7 Å². The molecule has 0 saturated heterocycles. The third-order valence-electron chi connectivity index (χ3n) is 4.38. The molecule has 0 radical (unpaired) electrons. The first kappa shape index (κ1) is 22.5. The Morgan fingerprint density at radius 2 is 1.86 bits per heavy atom. The minimum atomic E-state index is -1.26. The van der Waals surface area contributed by atoms with Crippen molar-refractivity contribution in [1.29, 1.82) is 0 Å². The minimum absolute atomic E-state index is 0.558. The number of aliphatic carboxylic acids is 2. The van der Waals surface area contributed by atoms with Gasteiger partial charge in [0.1, 0.15) is 0 Å². The molecule has 2 aromatic rings. The summed E-state index contributed by atoms with van der Waals surface area (Å²) >= 11 is 6.24. The number of aryl methyl sites for hydroxylation is 2. The molecule has 1 aliphatic heterocycles. The molecule has 0 spiro atoms. The van der Waals surface area contributed by atoms with Crippen LogP contribution in [0, 0.1) is 0 Å². The molecule has 0 unspecified atom stereocenters. The van der Waals surface area contributed by atoms with E-state index in [1.54, 1.807) is 0 Å². The smallest absolute Gasteiger partial charge is 0.328 e. The second-order valence-electron chi connectivity index (χ2n) is 6.86. The van der Waals surface area contributed by atoms with Crippen LogP contribution in [0.3, 0.4) is 0 Å². The number of hydrogen-bond acceptors (Lipinski definition) is 3. The Kier molecular flexibility index (Phi) is 8.24. The van der Waals surface area contributed by atoms with Crippen LogP contribution < -0.4 is 0 Å². The topological polar surface area (TPSA) is 82.8 Å². The molecule has 0 fully saturated rings. The van der Waals surface area contributed by atoms with Gasteiger partial charge in [-0.05, 0) is 62.3 Å². The van der Waals surface area contributed by atoms with Gasteiger partial charge >= 0.3 is 11.9 Å². The van der Waals surface area contributed by atoms with Gasteiger partial charge in [-0.1, -0.05) is 23.7 Å². The van der Waals surface area contributed by atoms with Gasteiger partial charge in [0.2, 0.25) is 0 Å². The third kappa shape index (κ3) is 6.93. The van der Waals surface area contributed by atoms with E-state index in [0.717, 1.165) is 31.0 Å². The Morgan fingerprint density at radius 3 is 2.48 bits per heavy atom. The molecule has 0 atom stereocenters. The van der Waals surface area contributed by atoms with Crippen molar-refractivity contribution in [2.75, 3.05) is 20.6 Å². The predicted octanol–water partition coefficient (Wildman–Crippen LogP) is 3.79. The number of hydrogen-bond donors (Lipinski definition) is 2. The van der Waals surface area contributed by atoms with Crippen molar-refractivity contribution in [2.24, 2.45) is 0 Å². The summed E-state index contributed by atoms with van der Waals surface area (Å²) in [6.45, 7) is 2.09. The third-order valence-corrected chi connectivity index (χ3v) is 4.62. The summed E-state index contributed by atoms with van der Waals surface area (Å²) in [5, 5.41) is 16.4. The van der Waals surface area contributed by atoms with Crippen molar-refractivity contribution in [3.05, 3.63) is 76.6 Å². The molecule has 0 aliphatic carbocycles. The number of benzene rings is 1. The second kappa shape index (κ2) is 10.6. The first-order valence-electron chi connectivity index (χ1n) is 9.21. The van der Waals surface area contributed by atoms with E-state index in [9.17, 15) is 9.59 Å². The molecular formula is C22H25ClN2O4. The standard InChI is InChI=1S/C18H21ClN2.C4H4O4/c1-20(2)10-3-5-16-17-13-15(19)8-7-14(17)9-12-21-11-4-6-18(16)21;5-3(6)1-2-4(7)8/h4-8,11,13H,3,9-10,12H2,1-2H3;1-2H,(H,5,6)(H,7,8). The maximum absolute atomic E-state index is 9.55. The van der Waals surface area contributed by atoms with Gasteiger partial charge < -0.3 is 19.7 Å². The molecule has 2 N–H and O–H groups in total. The van der Waals surface area contributed by atoms with E-state index < -0.39 is 11.9 Å². The van der Waals surface area contributed by atoms with Crippen LogP contribution in [0.2, 0.25) is 5.02 Å². The molecule has 1 aromatic heterocycles. The van der Waals surface area contributed by atoms with Crippen molar-refractivity contribution in [2.45, 2.75) is 19.4 Å². The quantitative estimate of drug-likeness (QED) is 0.724. The number of carboxylic acid groups (broad SMARTS) is 2. The fourth-order valence-electron chi connectivity index (χ4n) is 3.07. The normalized spacial score (nSPS) is 14.1. The molecule has 7 heteroatoms. The highest BCUT2D eigenvalue weighted by molar-refractivity contribution is 6.30. The minimum Gasteiger partial charge on any atom is -0.478 e. The second-order valence-corrected chi connectivity index (χ2v) is 7.29. The highest BCUT2D eigenvalue weighted by Gasteiger charge is 2.17. The number of nitrogens with zero attached hydrogens (tertiary/aromatic N) is 2. The number of halogens is 1. The van der Waals surface area contributed by atoms with Crippen molar-refractivity contribution in [3.8, 4) is 0 Å². The Morgan fingerprint density at radius 1 is 1.17 bits per heavy atom. The van der Waals surface area contributed by atoms with Crippen LogP contribution in [-0.4, -0.2) is 52.3 Å². The summed E-state index contributed by atoms with van der Waals surface area (Å²) in [6.07, 6.45) is 7.73. The number of carboxylic acids is 2. The Hall–Kier alpha value is -2.83. The summed E-state index contributed by atoms with van der Waals surface area (Å²) in [5.74, 6) is -2.51. The first-order chi connectivity index (χ1) is 13.8. The highest BCUT2D eigenvalue weighted by atomic mass is 35.5. The molecule has 1 aromatic carbocycles. The Balaban J connectivity index is 0.000000321. The van der Waals surface area contributed by atoms with Crippen LogP contribution in [0.1, 0.15) is 23.2 Å². The van der Waals surface area contributed by atoms with Crippen LogP contribution in [0.25, 0.3) is 5.57 Å². The maximum Gasteiger partial charge on any atom is 0.328 e. The van der Waals surface area contributed by atoms with Crippen LogP contribution in [-0.2, 0) is 22.6 Å². The monoisotopic (exact) mass is 416 g/mol. The van der Waals surface area contributed by atoms with Crippen LogP contribution >= 0.6 is 11.6 Å². The molecule has 0 saturated carbocycles. The largest absolute Gasteiger partial charge is 0.478 e. The number of aromatic nitrogens is 1. The lowest BCUT2D eigenvalue weighted by Gasteiger charge is -2.12. The number of fused-ring (bicyclic) bond motifs is 2. The van der Waals surface area contributed by atoms with E-state index in [0.29, 0.717) is 12.2 Å². The van der Waals surface area contributed by atoms with Crippen LogP contribution in [0.5, 0.6) is 0 Å². The van der Waals surface area contributed by atoms with Gasteiger partial charge in [-0.2, -0.15) is 0 Å². The van der Waals surface area contributed by atoms with Crippen molar-refractivity contribution in [3.63, 3.8) is 0 Å². The summed E-state index contributed by atoms with van der Waals surface area (Å²) in [5.41, 5.74) is 5.30. The van der Waals surface area contributed by atoms with Gasteiger partial charge in [0.15, 0.2) is 0 Å². The maximum atomic E-state index is 9.55. The molecule has 29 heavy (non-hydrogen) atoms. The van der Waals surface area contributed by atoms with Gasteiger partial charge in [-0.15, -0.1) is 0 Å². The predicted molar refractivity (Wildman–Crippen MR) is 114 cm³/mol. The van der Waals surface area contributed by atoms with E-state index in [1.807, 2.05) is 6.07 Å². The summed E-state index contributed by atoms with van der Waals surface area (Å²) in [6, 6.07) is 10.6. The van der Waals surface area contributed by atoms with Gasteiger partial charge in [-0.3, -0.25) is 0 Å². The van der Waals surface area contributed by atoms with Gasteiger partial charge in [0.05, 0.1) is 0 Å². The van der Waals surface area contributed by atoms with Gasteiger partial charge in [-0.25, -0.2) is 9.59 Å². The van der Waals surface area contributed by atoms with Crippen LogP contribution in [0.4, 0.5) is 0 Å². The van der Waals surface area contributed by atoms with E-state index in [-0.39, 0.29) is 0 Å². The van der Waals surface area contributed by atoms with Crippen molar-refractivity contribution >= 4 is 29.1 Å². The van der Waals surface area contributed by atoms with Crippen molar-refractivity contribution in [1.82, 2.24) is 9.47 Å². The first-order valence-corrected chi connectivity index (χ1v) is 9.59. The lowest BCUT2D eigenvalue weighted by atomic mass is 9.96.